The first-order chi connectivity index (χ1) is 7.72. The average molecular weight is 220 g/mol. The van der Waals surface area contributed by atoms with Crippen LogP contribution in [0.25, 0.3) is 0 Å². The van der Waals surface area contributed by atoms with Crippen molar-refractivity contribution in [3.8, 4) is 5.75 Å². The molecule has 2 rings (SSSR count). The molecule has 4 nitrogen and oxygen atoms in total. The summed E-state index contributed by atoms with van der Waals surface area (Å²) in [6.07, 6.45) is 1.17. The highest BCUT2D eigenvalue weighted by molar-refractivity contribution is 6.01. The molecule has 1 aliphatic heterocycles. The van der Waals surface area contributed by atoms with Crippen LogP contribution in [0.4, 0.5) is 0 Å². The van der Waals surface area contributed by atoms with E-state index < -0.39 is 5.97 Å². The number of carbonyl (C=O) groups excluding carboxylic acids is 2. The highest BCUT2D eigenvalue weighted by atomic mass is 16.5. The fourth-order valence-electron chi connectivity index (χ4n) is 1.67. The molecule has 16 heavy (non-hydrogen) atoms. The molecule has 84 valence electrons. The van der Waals surface area contributed by atoms with Gasteiger partial charge in [0.05, 0.1) is 24.8 Å². The maximum Gasteiger partial charge on any atom is 0.337 e. The minimum Gasteiger partial charge on any atom is -0.493 e. The lowest BCUT2D eigenvalue weighted by atomic mass is 10.0. The van der Waals surface area contributed by atoms with Crippen LogP contribution in [-0.2, 0) is 4.74 Å². The van der Waals surface area contributed by atoms with Gasteiger partial charge in [-0.2, -0.15) is 0 Å². The van der Waals surface area contributed by atoms with Crippen LogP contribution in [0.1, 0.15) is 33.6 Å². The molecule has 0 saturated heterocycles. The summed E-state index contributed by atoms with van der Waals surface area (Å²) in [6, 6.07) is 4.78. The zero-order chi connectivity index (χ0) is 11.5. The molecule has 0 unspecified atom stereocenters. The van der Waals surface area contributed by atoms with Gasteiger partial charge in [0.1, 0.15) is 5.75 Å². The maximum absolute atomic E-state index is 11.7. The van der Waals surface area contributed by atoms with Crippen LogP contribution in [0.15, 0.2) is 18.2 Å². The van der Waals surface area contributed by atoms with Crippen LogP contribution in [0.3, 0.4) is 0 Å². The van der Waals surface area contributed by atoms with E-state index in [1.54, 1.807) is 12.1 Å². The molecule has 0 aliphatic carbocycles. The van der Waals surface area contributed by atoms with Gasteiger partial charge in [0.2, 0.25) is 0 Å². The zero-order valence-electron chi connectivity index (χ0n) is 8.99. The largest absolute Gasteiger partial charge is 0.493 e. The van der Waals surface area contributed by atoms with Crippen LogP contribution < -0.4 is 4.74 Å². The monoisotopic (exact) mass is 220 g/mol. The zero-order valence-corrected chi connectivity index (χ0v) is 8.99. The maximum atomic E-state index is 11.7. The summed E-state index contributed by atoms with van der Waals surface area (Å²) in [4.78, 5) is 23.1. The SMILES string of the molecule is COC(=O)c1ccc2c(c1)C(=O)CCCO2. The molecule has 0 radical (unpaired) electrons. The van der Waals surface area contributed by atoms with E-state index in [1.807, 2.05) is 0 Å². The lowest BCUT2D eigenvalue weighted by Crippen LogP contribution is -2.05. The predicted molar refractivity (Wildman–Crippen MR) is 56.8 cm³/mol. The van der Waals surface area contributed by atoms with Crippen LogP contribution >= 0.6 is 0 Å². The average Bonchev–Trinajstić information content (AvgIpc) is 2.50. The van der Waals surface area contributed by atoms with Gasteiger partial charge in [0, 0.05) is 6.42 Å². The molecule has 0 bridgehead atoms. The second kappa shape index (κ2) is 4.35. The second-order valence-corrected chi connectivity index (χ2v) is 3.58. The highest BCUT2D eigenvalue weighted by Crippen LogP contribution is 2.25. The number of hydrogen-bond donors (Lipinski definition) is 0. The Morgan fingerprint density at radius 1 is 1.44 bits per heavy atom. The molecule has 0 spiro atoms. The van der Waals surface area contributed by atoms with Crippen molar-refractivity contribution in [2.24, 2.45) is 0 Å². The number of carbonyl (C=O) groups is 2. The van der Waals surface area contributed by atoms with Crippen molar-refractivity contribution in [2.75, 3.05) is 13.7 Å². The number of benzene rings is 1. The normalized spacial score (nSPS) is 14.7. The van der Waals surface area contributed by atoms with Gasteiger partial charge in [-0.05, 0) is 24.6 Å². The standard InChI is InChI=1S/C12H12O4/c1-15-12(14)8-4-5-11-9(7-8)10(13)3-2-6-16-11/h4-5,7H,2-3,6H2,1H3. The molecule has 1 aromatic rings. The van der Waals surface area contributed by atoms with Crippen LogP contribution in [0, 0.1) is 0 Å². The van der Waals surface area contributed by atoms with E-state index in [0.717, 1.165) is 0 Å². The van der Waals surface area contributed by atoms with Crippen LogP contribution in [-0.4, -0.2) is 25.5 Å². The Kier molecular flexibility index (Phi) is 2.90. The minimum absolute atomic E-state index is 0.0123. The topological polar surface area (TPSA) is 52.6 Å². The van der Waals surface area contributed by atoms with E-state index in [2.05, 4.69) is 4.74 Å². The highest BCUT2D eigenvalue weighted by Gasteiger charge is 2.18. The Labute approximate surface area is 93.2 Å². The van der Waals surface area contributed by atoms with Crippen LogP contribution in [0.5, 0.6) is 5.75 Å². The van der Waals surface area contributed by atoms with Crippen molar-refractivity contribution in [1.82, 2.24) is 0 Å². The Morgan fingerprint density at radius 2 is 2.25 bits per heavy atom. The van der Waals surface area contributed by atoms with Crippen molar-refractivity contribution in [3.63, 3.8) is 0 Å². The van der Waals surface area contributed by atoms with E-state index in [-0.39, 0.29) is 5.78 Å². The molecule has 0 amide bonds. The second-order valence-electron chi connectivity index (χ2n) is 3.58. The number of Topliss-reactive ketones (excluding diaryl/α,β-unsaturated/α-hetero) is 1. The van der Waals surface area contributed by atoms with Crippen LogP contribution in [0.2, 0.25) is 0 Å². The first-order valence-corrected chi connectivity index (χ1v) is 5.11. The van der Waals surface area contributed by atoms with E-state index in [9.17, 15) is 9.59 Å². The molecule has 1 aromatic carbocycles. The fraction of sp³-hybridized carbons (Fsp3) is 0.333. The number of rotatable bonds is 1. The summed E-state index contributed by atoms with van der Waals surface area (Å²) in [6.45, 7) is 0.538. The first kappa shape index (κ1) is 10.7. The molecule has 0 aromatic heterocycles. The fourth-order valence-corrected chi connectivity index (χ4v) is 1.67. The molecule has 1 aliphatic rings. The summed E-state index contributed by atoms with van der Waals surface area (Å²) >= 11 is 0. The van der Waals surface area contributed by atoms with Crippen molar-refractivity contribution >= 4 is 11.8 Å². The Morgan fingerprint density at radius 3 is 3.00 bits per heavy atom. The quantitative estimate of drug-likeness (QED) is 0.677. The van der Waals surface area contributed by atoms with E-state index >= 15 is 0 Å². The predicted octanol–water partition coefficient (Wildman–Crippen LogP) is 1.83. The van der Waals surface area contributed by atoms with Crippen molar-refractivity contribution in [3.05, 3.63) is 29.3 Å². The van der Waals surface area contributed by atoms with Gasteiger partial charge in [-0.25, -0.2) is 4.79 Å². The van der Waals surface area contributed by atoms with Gasteiger partial charge in [-0.15, -0.1) is 0 Å². The third-order valence-electron chi connectivity index (χ3n) is 2.51. The number of esters is 1. The third kappa shape index (κ3) is 1.91. The van der Waals surface area contributed by atoms with Crippen molar-refractivity contribution < 1.29 is 19.1 Å². The van der Waals surface area contributed by atoms with Crippen molar-refractivity contribution in [2.45, 2.75) is 12.8 Å². The molecule has 4 heteroatoms. The van der Waals surface area contributed by atoms with Crippen molar-refractivity contribution in [1.29, 1.82) is 0 Å². The molecule has 1 heterocycles. The van der Waals surface area contributed by atoms with Gasteiger partial charge >= 0.3 is 5.97 Å². The number of hydrogen-bond acceptors (Lipinski definition) is 4. The number of fused-ring (bicyclic) bond motifs is 1. The number of ketones is 1. The van der Waals surface area contributed by atoms with Gasteiger partial charge < -0.3 is 9.47 Å². The lowest BCUT2D eigenvalue weighted by Gasteiger charge is -2.07. The molecule has 0 saturated carbocycles. The Hall–Kier alpha value is -1.84. The number of methoxy groups -OCH3 is 1. The summed E-state index contributed by atoms with van der Waals surface area (Å²) in [7, 11) is 1.31. The molecular weight excluding hydrogens is 208 g/mol. The molecular formula is C12H12O4. The summed E-state index contributed by atoms with van der Waals surface area (Å²) in [5, 5.41) is 0. The molecule has 0 N–H and O–H groups in total. The first-order valence-electron chi connectivity index (χ1n) is 5.11. The molecule has 0 atom stereocenters. The third-order valence-corrected chi connectivity index (χ3v) is 2.51. The van der Waals surface area contributed by atoms with Gasteiger partial charge in [-0.3, -0.25) is 4.79 Å². The lowest BCUT2D eigenvalue weighted by molar-refractivity contribution is 0.0600. The van der Waals surface area contributed by atoms with Gasteiger partial charge in [0.25, 0.3) is 0 Å². The van der Waals surface area contributed by atoms with Gasteiger partial charge in [-0.1, -0.05) is 0 Å². The van der Waals surface area contributed by atoms with Gasteiger partial charge in [0.15, 0.2) is 5.78 Å². The van der Waals surface area contributed by atoms with E-state index in [1.165, 1.54) is 13.2 Å². The Balaban J connectivity index is 2.43. The van der Waals surface area contributed by atoms with E-state index in [0.29, 0.717) is 36.3 Å². The summed E-state index contributed by atoms with van der Waals surface area (Å²) < 4.78 is 10.0. The number of ether oxygens (including phenoxy) is 2. The summed E-state index contributed by atoms with van der Waals surface area (Å²) in [5.41, 5.74) is 0.848. The minimum atomic E-state index is -0.445. The molecule has 0 fully saturated rings. The summed E-state index contributed by atoms with van der Waals surface area (Å²) in [5.74, 6) is 0.119. The Bertz CT molecular complexity index is 437. The smallest absolute Gasteiger partial charge is 0.337 e. The van der Waals surface area contributed by atoms with E-state index in [4.69, 9.17) is 4.74 Å².